The van der Waals surface area contributed by atoms with Crippen molar-refractivity contribution in [3.05, 3.63) is 29.8 Å². The Labute approximate surface area is 153 Å². The molecule has 1 aliphatic rings. The summed E-state index contributed by atoms with van der Waals surface area (Å²) in [6.07, 6.45) is 0.444. The molecule has 142 valence electrons. The summed E-state index contributed by atoms with van der Waals surface area (Å²) in [5.74, 6) is -0.245. The van der Waals surface area contributed by atoms with E-state index in [4.69, 9.17) is 14.1 Å². The largest absolute Gasteiger partial charge is 0.494 e. The lowest BCUT2D eigenvalue weighted by atomic mass is 9.78. The molecule has 0 aliphatic carbocycles. The zero-order chi connectivity index (χ0) is 20.3. The van der Waals surface area contributed by atoms with E-state index in [1.807, 2.05) is 26.7 Å². The van der Waals surface area contributed by atoms with E-state index in [1.165, 1.54) is 5.56 Å². The highest BCUT2D eigenvalue weighted by Gasteiger charge is 2.51. The second kappa shape index (κ2) is 11.8. The Morgan fingerprint density at radius 1 is 1.12 bits per heavy atom. The van der Waals surface area contributed by atoms with Crippen LogP contribution in [0.25, 0.3) is 0 Å². The maximum atomic E-state index is 9.59. The molecule has 1 fully saturated rings. The molecule has 2 rings (SSSR count). The van der Waals surface area contributed by atoms with E-state index >= 15 is 0 Å². The standard InChI is InChI=1S/C13H19BO2.C3H7NO.C2H6.CH2O/c1-10-7-6-8-11(9-10)14-15-12(2,3)13(4,5)16-14;1-2-3(4)5;2*1-2/h6-9H,1-5H3;2H2,1H3,(H2,4,5);1-2H3;1H2. The first-order chi connectivity index (χ1) is 11.6. The molecule has 1 aromatic rings. The zero-order valence-electron chi connectivity index (χ0n) is 17.0. The molecule has 2 N–H and O–H groups in total. The van der Waals surface area contributed by atoms with Gasteiger partial charge < -0.3 is 19.8 Å². The van der Waals surface area contributed by atoms with Gasteiger partial charge in [-0.1, -0.05) is 50.6 Å². The normalized spacial score (nSPS) is 16.2. The van der Waals surface area contributed by atoms with Crippen LogP contribution < -0.4 is 11.2 Å². The minimum absolute atomic E-state index is 0.245. The maximum Gasteiger partial charge on any atom is 0.494 e. The summed E-state index contributed by atoms with van der Waals surface area (Å²) in [5.41, 5.74) is 6.45. The van der Waals surface area contributed by atoms with E-state index < -0.39 is 0 Å². The molecule has 0 unspecified atom stereocenters. The van der Waals surface area contributed by atoms with Crippen molar-refractivity contribution >= 4 is 25.3 Å². The molecule has 1 amide bonds. The highest BCUT2D eigenvalue weighted by molar-refractivity contribution is 6.62. The number of primary amides is 1. The third kappa shape index (κ3) is 8.32. The molecule has 0 aromatic heterocycles. The zero-order valence-corrected chi connectivity index (χ0v) is 17.0. The number of hydrogen-bond donors (Lipinski definition) is 1. The summed E-state index contributed by atoms with van der Waals surface area (Å²) in [6.45, 7) is 18.1. The van der Waals surface area contributed by atoms with Gasteiger partial charge in [-0.2, -0.15) is 0 Å². The van der Waals surface area contributed by atoms with Gasteiger partial charge >= 0.3 is 7.12 Å². The van der Waals surface area contributed by atoms with Crippen LogP contribution in [0.15, 0.2) is 24.3 Å². The summed E-state index contributed by atoms with van der Waals surface area (Å²) in [5, 5.41) is 0. The monoisotopic (exact) mass is 351 g/mol. The number of carbonyl (C=O) groups is 2. The van der Waals surface area contributed by atoms with Gasteiger partial charge in [0.2, 0.25) is 5.91 Å². The summed E-state index contributed by atoms with van der Waals surface area (Å²) in [4.78, 5) is 17.6. The number of benzene rings is 1. The van der Waals surface area contributed by atoms with Gasteiger partial charge in [-0.3, -0.25) is 4.79 Å². The number of hydrogen-bond acceptors (Lipinski definition) is 4. The van der Waals surface area contributed by atoms with E-state index in [1.54, 1.807) is 6.92 Å². The minimum Gasteiger partial charge on any atom is -0.399 e. The lowest BCUT2D eigenvalue weighted by molar-refractivity contribution is -0.117. The molecule has 0 radical (unpaired) electrons. The third-order valence-corrected chi connectivity index (χ3v) is 3.92. The van der Waals surface area contributed by atoms with Crippen molar-refractivity contribution in [3.63, 3.8) is 0 Å². The van der Waals surface area contributed by atoms with E-state index in [-0.39, 0.29) is 24.2 Å². The van der Waals surface area contributed by atoms with Crippen LogP contribution in [-0.4, -0.2) is 31.0 Å². The van der Waals surface area contributed by atoms with Crippen LogP contribution in [0.4, 0.5) is 0 Å². The highest BCUT2D eigenvalue weighted by atomic mass is 16.7. The van der Waals surface area contributed by atoms with Crippen molar-refractivity contribution in [2.24, 2.45) is 5.73 Å². The van der Waals surface area contributed by atoms with Crippen molar-refractivity contribution in [3.8, 4) is 0 Å². The number of nitrogens with two attached hydrogens (primary N) is 1. The van der Waals surface area contributed by atoms with Gasteiger partial charge in [0.25, 0.3) is 0 Å². The molecule has 1 aromatic carbocycles. The lowest BCUT2D eigenvalue weighted by Gasteiger charge is -2.32. The lowest BCUT2D eigenvalue weighted by Crippen LogP contribution is -2.41. The van der Waals surface area contributed by atoms with Gasteiger partial charge in [0.15, 0.2) is 0 Å². The summed E-state index contributed by atoms with van der Waals surface area (Å²) in [7, 11) is -0.245. The average molecular weight is 351 g/mol. The molecule has 5 nitrogen and oxygen atoms in total. The number of carbonyl (C=O) groups excluding carboxylic acids is 2. The average Bonchev–Trinajstić information content (AvgIpc) is 2.80. The smallest absolute Gasteiger partial charge is 0.399 e. The van der Waals surface area contributed by atoms with Crippen LogP contribution in [0.3, 0.4) is 0 Å². The minimum atomic E-state index is -0.262. The molecule has 1 aliphatic heterocycles. The summed E-state index contributed by atoms with van der Waals surface area (Å²) < 4.78 is 12.0. The molecule has 1 heterocycles. The van der Waals surface area contributed by atoms with Crippen molar-refractivity contribution in [2.45, 2.75) is 73.0 Å². The van der Waals surface area contributed by atoms with Crippen molar-refractivity contribution in [2.75, 3.05) is 0 Å². The Balaban J connectivity index is 0. The van der Waals surface area contributed by atoms with Crippen molar-refractivity contribution in [1.82, 2.24) is 0 Å². The van der Waals surface area contributed by atoms with Crippen LogP contribution in [0, 0.1) is 6.92 Å². The van der Waals surface area contributed by atoms with Gasteiger partial charge in [0, 0.05) is 6.42 Å². The van der Waals surface area contributed by atoms with E-state index in [0.717, 1.165) is 5.46 Å². The molecule has 0 atom stereocenters. The Morgan fingerprint density at radius 2 is 1.52 bits per heavy atom. The van der Waals surface area contributed by atoms with E-state index in [0.29, 0.717) is 6.42 Å². The third-order valence-electron chi connectivity index (χ3n) is 3.92. The fourth-order valence-corrected chi connectivity index (χ4v) is 1.80. The first-order valence-electron chi connectivity index (χ1n) is 8.58. The highest BCUT2D eigenvalue weighted by Crippen LogP contribution is 2.36. The van der Waals surface area contributed by atoms with Crippen LogP contribution in [-0.2, 0) is 18.9 Å². The Bertz CT molecular complexity index is 502. The fourth-order valence-electron chi connectivity index (χ4n) is 1.80. The van der Waals surface area contributed by atoms with Gasteiger partial charge in [0.1, 0.15) is 6.79 Å². The Hall–Kier alpha value is -1.66. The van der Waals surface area contributed by atoms with Crippen LogP contribution in [0.5, 0.6) is 0 Å². The quantitative estimate of drug-likeness (QED) is 0.831. The van der Waals surface area contributed by atoms with E-state index in [2.05, 4.69) is 58.6 Å². The SMILES string of the molecule is C=O.CC.CCC(N)=O.Cc1cccc(B2OC(C)(C)C(C)(C)O2)c1. The van der Waals surface area contributed by atoms with Gasteiger partial charge in [-0.15, -0.1) is 0 Å². The molecular formula is C19H34BNO4. The molecule has 0 saturated carbocycles. The van der Waals surface area contributed by atoms with Gasteiger partial charge in [0.05, 0.1) is 11.2 Å². The van der Waals surface area contributed by atoms with Crippen molar-refractivity contribution in [1.29, 1.82) is 0 Å². The molecule has 0 spiro atoms. The summed E-state index contributed by atoms with van der Waals surface area (Å²) >= 11 is 0. The Kier molecular flexibility index (Phi) is 12.1. The molecule has 1 saturated heterocycles. The van der Waals surface area contributed by atoms with Gasteiger partial charge in [-0.05, 0) is 40.1 Å². The second-order valence-electron chi connectivity index (χ2n) is 6.32. The number of rotatable bonds is 2. The van der Waals surface area contributed by atoms with Crippen molar-refractivity contribution < 1.29 is 18.9 Å². The number of amides is 1. The summed E-state index contributed by atoms with van der Waals surface area (Å²) in [6, 6.07) is 8.28. The molecule has 25 heavy (non-hydrogen) atoms. The van der Waals surface area contributed by atoms with Gasteiger partial charge in [-0.25, -0.2) is 0 Å². The predicted molar refractivity (Wildman–Crippen MR) is 105 cm³/mol. The topological polar surface area (TPSA) is 78.6 Å². The first kappa shape index (κ1) is 25.6. The Morgan fingerprint density at radius 3 is 1.84 bits per heavy atom. The number of aryl methyl sites for hydroxylation is 1. The van der Waals surface area contributed by atoms with E-state index in [9.17, 15) is 4.79 Å². The van der Waals surface area contributed by atoms with Crippen LogP contribution >= 0.6 is 0 Å². The predicted octanol–water partition coefficient (Wildman–Crippen LogP) is 3.02. The molecular weight excluding hydrogens is 317 g/mol. The van der Waals surface area contributed by atoms with Crippen LogP contribution in [0.2, 0.25) is 0 Å². The molecule has 6 heteroatoms. The fraction of sp³-hybridized carbons (Fsp3) is 0.579. The van der Waals surface area contributed by atoms with Crippen LogP contribution in [0.1, 0.15) is 60.5 Å². The maximum absolute atomic E-state index is 9.59. The molecule has 0 bridgehead atoms. The second-order valence-corrected chi connectivity index (χ2v) is 6.32. The first-order valence-corrected chi connectivity index (χ1v) is 8.58.